The Morgan fingerprint density at radius 1 is 1.18 bits per heavy atom. The van der Waals surface area contributed by atoms with Crippen LogP contribution in [-0.2, 0) is 9.53 Å². The molecule has 0 atom stereocenters. The smallest absolute Gasteiger partial charge is 0.367 e. The molecule has 1 saturated heterocycles. The molecule has 1 aromatic carbocycles. The van der Waals surface area contributed by atoms with Crippen molar-refractivity contribution >= 4 is 34.8 Å². The molecule has 0 spiro atoms. The van der Waals surface area contributed by atoms with Gasteiger partial charge in [0.2, 0.25) is 5.91 Å². The largest absolute Gasteiger partial charge is 0.418 e. The summed E-state index contributed by atoms with van der Waals surface area (Å²) in [4.78, 5) is 49.6. The highest BCUT2D eigenvalue weighted by Gasteiger charge is 2.25. The molecule has 2 amide bonds. The molecule has 0 aromatic heterocycles. The Kier molecular flexibility index (Phi) is 7.76. The summed E-state index contributed by atoms with van der Waals surface area (Å²) in [6.45, 7) is 5.74. The lowest BCUT2D eigenvalue weighted by molar-refractivity contribution is -0.384. The van der Waals surface area contributed by atoms with Crippen molar-refractivity contribution in [3.05, 3.63) is 34.4 Å². The third-order valence-corrected chi connectivity index (χ3v) is 4.62. The second kappa shape index (κ2) is 10.0. The predicted octanol–water partition coefficient (Wildman–Crippen LogP) is 2.09. The number of nitro groups is 1. The number of hydrogen-bond donors (Lipinski definition) is 1. The molecule has 10 nitrogen and oxygen atoms in total. The molecule has 1 aromatic rings. The molecule has 1 aliphatic heterocycles. The lowest BCUT2D eigenvalue weighted by Gasteiger charge is -2.33. The van der Waals surface area contributed by atoms with Crippen molar-refractivity contribution in [3.63, 3.8) is 0 Å². The van der Waals surface area contributed by atoms with E-state index in [1.807, 2.05) is 18.7 Å². The van der Waals surface area contributed by atoms with Crippen LogP contribution >= 0.6 is 11.8 Å². The van der Waals surface area contributed by atoms with Crippen LogP contribution in [0.1, 0.15) is 13.8 Å². The second-order valence-electron chi connectivity index (χ2n) is 6.46. The molecule has 0 aliphatic carbocycles. The Morgan fingerprint density at radius 2 is 1.79 bits per heavy atom. The zero-order valence-corrected chi connectivity index (χ0v) is 16.4. The van der Waals surface area contributed by atoms with Gasteiger partial charge in [-0.1, -0.05) is 0 Å². The number of amides is 2. The quantitative estimate of drug-likeness (QED) is 0.257. The van der Waals surface area contributed by atoms with Gasteiger partial charge in [0.25, 0.3) is 5.69 Å². The minimum Gasteiger partial charge on any atom is -0.367 e. The van der Waals surface area contributed by atoms with Crippen LogP contribution in [0, 0.1) is 10.1 Å². The molecule has 28 heavy (non-hydrogen) atoms. The standard InChI is InChI=1S/C17H22N4O6S/c1-12(2)18-15(22)11-19-7-9-20(10-8-19)16(23)27-17(24)28-14-5-3-13(4-6-14)21(25)26/h3-6,12H,7-11H2,1-2H3,(H,18,22). The van der Waals surface area contributed by atoms with Crippen LogP contribution in [0.5, 0.6) is 0 Å². The molecule has 1 fully saturated rings. The van der Waals surface area contributed by atoms with Gasteiger partial charge in [-0.25, -0.2) is 9.59 Å². The minimum atomic E-state index is -0.808. The van der Waals surface area contributed by atoms with E-state index < -0.39 is 16.3 Å². The minimum absolute atomic E-state index is 0.0688. The molecule has 1 N–H and O–H groups in total. The van der Waals surface area contributed by atoms with E-state index in [1.165, 1.54) is 29.2 Å². The zero-order valence-electron chi connectivity index (χ0n) is 15.6. The molecule has 1 heterocycles. The number of hydrogen-bond acceptors (Lipinski definition) is 8. The summed E-state index contributed by atoms with van der Waals surface area (Å²) in [6.07, 6.45) is -0.745. The third kappa shape index (κ3) is 6.82. The number of thioether (sulfide) groups is 1. The maximum atomic E-state index is 12.1. The Hall–Kier alpha value is -2.66. The first-order valence-electron chi connectivity index (χ1n) is 8.69. The molecule has 152 valence electrons. The highest BCUT2D eigenvalue weighted by atomic mass is 32.2. The number of non-ortho nitro benzene ring substituents is 1. The van der Waals surface area contributed by atoms with Crippen LogP contribution in [0.25, 0.3) is 0 Å². The Morgan fingerprint density at radius 3 is 2.32 bits per heavy atom. The summed E-state index contributed by atoms with van der Waals surface area (Å²) in [7, 11) is 0. The summed E-state index contributed by atoms with van der Waals surface area (Å²) in [5.41, 5.74) is -0.0891. The van der Waals surface area contributed by atoms with E-state index in [4.69, 9.17) is 4.74 Å². The fourth-order valence-electron chi connectivity index (χ4n) is 2.55. The van der Waals surface area contributed by atoms with Crippen LogP contribution in [0.15, 0.2) is 29.2 Å². The number of rotatable bonds is 5. The molecular weight excluding hydrogens is 388 g/mol. The summed E-state index contributed by atoms with van der Waals surface area (Å²) >= 11 is 0.676. The van der Waals surface area contributed by atoms with Crippen molar-refractivity contribution in [2.75, 3.05) is 32.7 Å². The van der Waals surface area contributed by atoms with E-state index in [2.05, 4.69) is 5.32 Å². The molecule has 0 bridgehead atoms. The van der Waals surface area contributed by atoms with Crippen LogP contribution in [0.2, 0.25) is 0 Å². The topological polar surface area (TPSA) is 122 Å². The van der Waals surface area contributed by atoms with Crippen molar-refractivity contribution in [1.29, 1.82) is 0 Å². The van der Waals surface area contributed by atoms with E-state index in [9.17, 15) is 24.5 Å². The normalized spacial score (nSPS) is 14.6. The average molecular weight is 410 g/mol. The molecule has 0 unspecified atom stereocenters. The van der Waals surface area contributed by atoms with E-state index in [0.717, 1.165) is 0 Å². The molecule has 0 saturated carbocycles. The number of carbonyl (C=O) groups is 3. The molecule has 11 heteroatoms. The van der Waals surface area contributed by atoms with Gasteiger partial charge in [0.1, 0.15) is 0 Å². The SMILES string of the molecule is CC(C)NC(=O)CN1CCN(C(=O)OC(=O)Sc2ccc([N+](=O)[O-])cc2)CC1. The van der Waals surface area contributed by atoms with Crippen molar-refractivity contribution in [3.8, 4) is 0 Å². The number of nitrogens with zero attached hydrogens (tertiary/aromatic N) is 3. The monoisotopic (exact) mass is 410 g/mol. The van der Waals surface area contributed by atoms with Gasteiger partial charge in [0.05, 0.1) is 11.5 Å². The van der Waals surface area contributed by atoms with Crippen LogP contribution in [-0.4, -0.2) is 70.8 Å². The number of benzene rings is 1. The third-order valence-electron chi connectivity index (χ3n) is 3.87. The first kappa shape index (κ1) is 21.6. The average Bonchev–Trinajstić information content (AvgIpc) is 2.61. The molecular formula is C17H22N4O6S. The molecule has 2 rings (SSSR count). The Labute approximate surface area is 166 Å². The van der Waals surface area contributed by atoms with Gasteiger partial charge < -0.3 is 15.0 Å². The van der Waals surface area contributed by atoms with Crippen molar-refractivity contribution in [1.82, 2.24) is 15.1 Å². The van der Waals surface area contributed by atoms with E-state index in [0.29, 0.717) is 42.8 Å². The Balaban J connectivity index is 1.75. The second-order valence-corrected chi connectivity index (χ2v) is 7.47. The van der Waals surface area contributed by atoms with Gasteiger partial charge in [-0.15, -0.1) is 0 Å². The van der Waals surface area contributed by atoms with Crippen molar-refractivity contribution in [2.24, 2.45) is 0 Å². The Bertz CT molecular complexity index is 732. The fourth-order valence-corrected chi connectivity index (χ4v) is 3.13. The summed E-state index contributed by atoms with van der Waals surface area (Å²) in [5.74, 6) is -0.0688. The van der Waals surface area contributed by atoms with Gasteiger partial charge in [0, 0.05) is 49.2 Å². The lowest BCUT2D eigenvalue weighted by Crippen LogP contribution is -2.51. The number of nitro benzene ring substituents is 1. The van der Waals surface area contributed by atoms with Crippen molar-refractivity contribution in [2.45, 2.75) is 24.8 Å². The number of ether oxygens (including phenoxy) is 1. The predicted molar refractivity (Wildman–Crippen MR) is 102 cm³/mol. The van der Waals surface area contributed by atoms with E-state index in [1.54, 1.807) is 0 Å². The highest BCUT2D eigenvalue weighted by molar-refractivity contribution is 8.13. The maximum Gasteiger partial charge on any atom is 0.418 e. The van der Waals surface area contributed by atoms with Gasteiger partial charge in [-0.05, 0) is 37.7 Å². The van der Waals surface area contributed by atoms with Gasteiger partial charge in [0.15, 0.2) is 0 Å². The zero-order chi connectivity index (χ0) is 20.7. The summed E-state index contributed by atoms with van der Waals surface area (Å²) in [6, 6.07) is 5.44. The van der Waals surface area contributed by atoms with Crippen LogP contribution in [0.4, 0.5) is 15.3 Å². The van der Waals surface area contributed by atoms with Crippen molar-refractivity contribution < 1.29 is 24.0 Å². The first-order valence-corrected chi connectivity index (χ1v) is 9.51. The van der Waals surface area contributed by atoms with Gasteiger partial charge in [-0.2, -0.15) is 0 Å². The number of piperazine rings is 1. The number of carbonyl (C=O) groups excluding carboxylic acids is 3. The summed E-state index contributed by atoms with van der Waals surface area (Å²) in [5, 5.41) is 12.6. The van der Waals surface area contributed by atoms with Gasteiger partial charge in [-0.3, -0.25) is 19.8 Å². The number of nitrogens with one attached hydrogen (secondary N) is 1. The fraction of sp³-hybridized carbons (Fsp3) is 0.471. The molecule has 0 radical (unpaired) electrons. The van der Waals surface area contributed by atoms with E-state index >= 15 is 0 Å². The maximum absolute atomic E-state index is 12.1. The highest BCUT2D eigenvalue weighted by Crippen LogP contribution is 2.23. The summed E-state index contributed by atoms with van der Waals surface area (Å²) < 4.78 is 4.82. The van der Waals surface area contributed by atoms with Gasteiger partial charge >= 0.3 is 11.4 Å². The van der Waals surface area contributed by atoms with Crippen LogP contribution < -0.4 is 5.32 Å². The van der Waals surface area contributed by atoms with Crippen LogP contribution in [0.3, 0.4) is 0 Å². The first-order chi connectivity index (χ1) is 13.2. The van der Waals surface area contributed by atoms with E-state index in [-0.39, 0.29) is 24.2 Å². The molecule has 1 aliphatic rings. The lowest BCUT2D eigenvalue weighted by atomic mass is 10.3.